The number of hydrogen-bond acceptors (Lipinski definition) is 7. The summed E-state index contributed by atoms with van der Waals surface area (Å²) in [7, 11) is 3.55. The lowest BCUT2D eigenvalue weighted by molar-refractivity contribution is -0.138. The van der Waals surface area contributed by atoms with E-state index in [-0.39, 0.29) is 24.7 Å². The number of ketones is 1. The highest BCUT2D eigenvalue weighted by molar-refractivity contribution is 6.09. The number of ether oxygens (including phenoxy) is 2. The molecule has 0 aliphatic heterocycles. The minimum atomic E-state index is -0.499. The third-order valence-electron chi connectivity index (χ3n) is 4.27. The van der Waals surface area contributed by atoms with Crippen LogP contribution in [0.5, 0.6) is 0 Å². The lowest BCUT2D eigenvalue weighted by Crippen LogP contribution is -2.22. The number of carbonyl (C=O) groups excluding carboxylic acids is 3. The molecule has 2 aromatic carbocycles. The van der Waals surface area contributed by atoms with Crippen molar-refractivity contribution in [2.45, 2.75) is 0 Å². The Morgan fingerprint density at radius 3 is 1.35 bits per heavy atom. The fourth-order valence-corrected chi connectivity index (χ4v) is 2.49. The number of esters is 2. The van der Waals surface area contributed by atoms with Crippen LogP contribution in [0.25, 0.3) is 0 Å². The van der Waals surface area contributed by atoms with Crippen LogP contribution in [0.2, 0.25) is 0 Å². The monoisotopic (exact) mass is 426 g/mol. The fraction of sp³-hybridized carbons (Fsp3) is 0.174. The van der Waals surface area contributed by atoms with Gasteiger partial charge in [0.25, 0.3) is 0 Å². The fourth-order valence-electron chi connectivity index (χ4n) is 2.49. The maximum absolute atomic E-state index is 12.7. The molecule has 0 heterocycles. The number of anilines is 2. The summed E-state index contributed by atoms with van der Waals surface area (Å²) in [4.78, 5) is 38.5. The van der Waals surface area contributed by atoms with Crippen molar-refractivity contribution in [2.24, 2.45) is 0 Å². The predicted molar refractivity (Wildman–Crippen MR) is 119 cm³/mol. The second-order valence-electron chi connectivity index (χ2n) is 6.41. The Morgan fingerprint density at radius 2 is 1.06 bits per heavy atom. The largest absolute Gasteiger partial charge is 0.441 e. The second-order valence-corrected chi connectivity index (χ2v) is 6.41. The first-order valence-electron chi connectivity index (χ1n) is 9.11. The Bertz CT molecular complexity index is 847. The van der Waals surface area contributed by atoms with Crippen molar-refractivity contribution < 1.29 is 29.3 Å². The van der Waals surface area contributed by atoms with Crippen LogP contribution >= 0.6 is 0 Å². The molecule has 0 saturated heterocycles. The molecular formula is C23H26N2O6. The van der Waals surface area contributed by atoms with Crippen molar-refractivity contribution in [3.05, 3.63) is 85.0 Å². The molecule has 0 aliphatic carbocycles. The summed E-state index contributed by atoms with van der Waals surface area (Å²) in [6.45, 7) is 6.86. The quantitative estimate of drug-likeness (QED) is 0.248. The minimum absolute atomic E-state index is 0. The van der Waals surface area contributed by atoms with Gasteiger partial charge in [0.15, 0.2) is 19.2 Å². The first kappa shape index (κ1) is 25.1. The molecule has 0 amide bonds. The van der Waals surface area contributed by atoms with Gasteiger partial charge in [0.2, 0.25) is 0 Å². The Kier molecular flexibility index (Phi) is 9.68. The molecule has 0 fully saturated rings. The average molecular weight is 426 g/mol. The van der Waals surface area contributed by atoms with Gasteiger partial charge in [0, 0.05) is 48.7 Å². The van der Waals surface area contributed by atoms with Gasteiger partial charge in [-0.05, 0) is 48.5 Å². The van der Waals surface area contributed by atoms with E-state index in [0.29, 0.717) is 11.1 Å². The highest BCUT2D eigenvalue weighted by Gasteiger charge is 2.11. The SMILES string of the molecule is C=CC(=O)OCN(C)c1ccc(C(=O)c2ccc(N(C)COC(=O)C=C)cc2)cc1.O. The molecule has 8 heteroatoms. The molecule has 0 atom stereocenters. The van der Waals surface area contributed by atoms with Crippen LogP contribution in [0.15, 0.2) is 73.8 Å². The lowest BCUT2D eigenvalue weighted by atomic mass is 10.0. The van der Waals surface area contributed by atoms with Gasteiger partial charge in [-0.3, -0.25) is 4.79 Å². The number of rotatable bonds is 10. The minimum Gasteiger partial charge on any atom is -0.441 e. The topological polar surface area (TPSA) is 108 Å². The van der Waals surface area contributed by atoms with Crippen LogP contribution in [0.1, 0.15) is 15.9 Å². The maximum Gasteiger partial charge on any atom is 0.331 e. The Hall–Kier alpha value is -3.91. The molecule has 2 aromatic rings. The summed E-state index contributed by atoms with van der Waals surface area (Å²) < 4.78 is 9.97. The summed E-state index contributed by atoms with van der Waals surface area (Å²) in [5, 5.41) is 0. The maximum atomic E-state index is 12.7. The smallest absolute Gasteiger partial charge is 0.331 e. The molecule has 2 N–H and O–H groups in total. The summed E-state index contributed by atoms with van der Waals surface area (Å²) in [5.41, 5.74) is 2.68. The van der Waals surface area contributed by atoms with E-state index in [1.54, 1.807) is 72.4 Å². The van der Waals surface area contributed by atoms with E-state index in [9.17, 15) is 14.4 Å². The second kappa shape index (κ2) is 11.9. The number of carbonyl (C=O) groups is 3. The van der Waals surface area contributed by atoms with Gasteiger partial charge in [-0.25, -0.2) is 9.59 Å². The van der Waals surface area contributed by atoms with E-state index in [2.05, 4.69) is 13.2 Å². The van der Waals surface area contributed by atoms with Crippen molar-refractivity contribution in [2.75, 3.05) is 37.4 Å². The molecule has 164 valence electrons. The van der Waals surface area contributed by atoms with E-state index < -0.39 is 11.9 Å². The van der Waals surface area contributed by atoms with Crippen molar-refractivity contribution in [3.63, 3.8) is 0 Å². The molecule has 0 saturated carbocycles. The third kappa shape index (κ3) is 7.13. The van der Waals surface area contributed by atoms with Crippen molar-refractivity contribution in [1.29, 1.82) is 0 Å². The normalized spacial score (nSPS) is 9.61. The van der Waals surface area contributed by atoms with E-state index in [0.717, 1.165) is 23.5 Å². The molecule has 0 radical (unpaired) electrons. The average Bonchev–Trinajstić information content (AvgIpc) is 2.80. The summed E-state index contributed by atoms with van der Waals surface area (Å²) in [5.74, 6) is -1.11. The number of nitrogens with zero attached hydrogens (tertiary/aromatic N) is 2. The highest BCUT2D eigenvalue weighted by Crippen LogP contribution is 2.19. The van der Waals surface area contributed by atoms with Gasteiger partial charge >= 0.3 is 11.9 Å². The van der Waals surface area contributed by atoms with Crippen molar-refractivity contribution in [1.82, 2.24) is 0 Å². The van der Waals surface area contributed by atoms with Gasteiger partial charge in [-0.15, -0.1) is 0 Å². The summed E-state index contributed by atoms with van der Waals surface area (Å²) in [6.07, 6.45) is 2.21. The molecule has 0 aliphatic rings. The summed E-state index contributed by atoms with van der Waals surface area (Å²) >= 11 is 0. The van der Waals surface area contributed by atoms with Gasteiger partial charge in [-0.1, -0.05) is 13.2 Å². The molecule has 8 nitrogen and oxygen atoms in total. The Labute approximate surface area is 181 Å². The molecule has 0 aromatic heterocycles. The molecule has 0 bridgehead atoms. The summed E-state index contributed by atoms with van der Waals surface area (Å²) in [6, 6.07) is 14.0. The van der Waals surface area contributed by atoms with Crippen LogP contribution in [-0.2, 0) is 19.1 Å². The van der Waals surface area contributed by atoms with Gasteiger partial charge < -0.3 is 24.7 Å². The van der Waals surface area contributed by atoms with Gasteiger partial charge in [0.1, 0.15) is 0 Å². The zero-order valence-electron chi connectivity index (χ0n) is 17.5. The van der Waals surface area contributed by atoms with Crippen LogP contribution in [0.4, 0.5) is 11.4 Å². The van der Waals surface area contributed by atoms with Crippen LogP contribution < -0.4 is 9.80 Å². The van der Waals surface area contributed by atoms with E-state index in [1.165, 1.54) is 0 Å². The van der Waals surface area contributed by atoms with Gasteiger partial charge in [-0.2, -0.15) is 0 Å². The zero-order chi connectivity index (χ0) is 22.1. The molecule has 2 rings (SSSR count). The first-order valence-corrected chi connectivity index (χ1v) is 9.11. The first-order chi connectivity index (χ1) is 14.3. The van der Waals surface area contributed by atoms with E-state index in [1.807, 2.05) is 0 Å². The highest BCUT2D eigenvalue weighted by atomic mass is 16.5. The number of hydrogen-bond donors (Lipinski definition) is 0. The van der Waals surface area contributed by atoms with Crippen molar-refractivity contribution in [3.8, 4) is 0 Å². The van der Waals surface area contributed by atoms with Gasteiger partial charge in [0.05, 0.1) is 0 Å². The number of benzene rings is 2. The van der Waals surface area contributed by atoms with Crippen molar-refractivity contribution >= 4 is 29.1 Å². The Morgan fingerprint density at radius 1 is 0.742 bits per heavy atom. The molecule has 0 unspecified atom stereocenters. The lowest BCUT2D eigenvalue weighted by Gasteiger charge is -2.19. The molecule has 0 spiro atoms. The van der Waals surface area contributed by atoms with Crippen LogP contribution in [0, 0.1) is 0 Å². The predicted octanol–water partition coefficient (Wildman–Crippen LogP) is 2.34. The Balaban J connectivity index is 0.00000480. The standard InChI is InChI=1S/C23H24N2O5.H2O/c1-5-21(26)29-15-24(3)19-11-7-17(8-12-19)23(28)18-9-13-20(14-10-18)25(4)16-30-22(27)6-2;/h5-14H,1-2,15-16H2,3-4H3;1H2. The molecule has 31 heavy (non-hydrogen) atoms. The van der Waals surface area contributed by atoms with E-state index in [4.69, 9.17) is 9.47 Å². The van der Waals surface area contributed by atoms with Crippen LogP contribution in [0.3, 0.4) is 0 Å². The zero-order valence-corrected chi connectivity index (χ0v) is 17.5. The van der Waals surface area contributed by atoms with E-state index >= 15 is 0 Å². The van der Waals surface area contributed by atoms with Crippen LogP contribution in [-0.4, -0.2) is 50.8 Å². The third-order valence-corrected chi connectivity index (χ3v) is 4.27. The molecular weight excluding hydrogens is 400 g/mol.